The molecule has 0 aliphatic carbocycles. The predicted octanol–water partition coefficient (Wildman–Crippen LogP) is 4.57. The number of rotatable bonds is 7. The summed E-state index contributed by atoms with van der Waals surface area (Å²) in [5.74, 6) is -0.109. The number of carbonyl (C=O) groups is 2. The van der Waals surface area contributed by atoms with E-state index in [4.69, 9.17) is 17.3 Å². The van der Waals surface area contributed by atoms with Crippen molar-refractivity contribution < 1.29 is 9.59 Å². The molecule has 0 aliphatic heterocycles. The van der Waals surface area contributed by atoms with Crippen LogP contribution in [0.2, 0.25) is 5.02 Å². The summed E-state index contributed by atoms with van der Waals surface area (Å²) in [6.07, 6.45) is 0.769. The summed E-state index contributed by atoms with van der Waals surface area (Å²) < 4.78 is 0. The van der Waals surface area contributed by atoms with Crippen LogP contribution in [0.1, 0.15) is 47.2 Å². The topological polar surface area (TPSA) is 84.2 Å². The Morgan fingerprint density at radius 3 is 2.52 bits per heavy atom. The summed E-state index contributed by atoms with van der Waals surface area (Å²) >= 11 is 7.51. The molecular weight excluding hydrogens is 405 g/mol. The predicted molar refractivity (Wildman–Crippen MR) is 115 cm³/mol. The Bertz CT molecular complexity index is 781. The van der Waals surface area contributed by atoms with Crippen molar-refractivity contribution >= 4 is 52.8 Å². The quantitative estimate of drug-likeness (QED) is 0.602. The molecule has 1 unspecified atom stereocenters. The zero-order valence-corrected chi connectivity index (χ0v) is 17.9. The molecule has 2 amide bonds. The van der Waals surface area contributed by atoms with E-state index in [-0.39, 0.29) is 24.2 Å². The van der Waals surface area contributed by atoms with Crippen molar-refractivity contribution in [2.75, 3.05) is 11.9 Å². The number of amides is 2. The molecule has 0 fully saturated rings. The number of thiophene rings is 1. The van der Waals surface area contributed by atoms with Gasteiger partial charge in [-0.05, 0) is 48.9 Å². The molecule has 4 N–H and O–H groups in total. The smallest absolute Gasteiger partial charge is 0.265 e. The SMILES string of the molecule is CC(C)CC(C)(CN)NC(=O)c1ccc(Cl)c(NC(=O)c2cccs2)c1.Cl. The molecule has 1 atom stereocenters. The summed E-state index contributed by atoms with van der Waals surface area (Å²) in [5.41, 5.74) is 6.18. The Morgan fingerprint density at radius 1 is 1.26 bits per heavy atom. The molecule has 0 spiro atoms. The fourth-order valence-electron chi connectivity index (χ4n) is 2.79. The number of nitrogens with one attached hydrogen (secondary N) is 2. The van der Waals surface area contributed by atoms with Gasteiger partial charge in [0.15, 0.2) is 0 Å². The van der Waals surface area contributed by atoms with Crippen molar-refractivity contribution in [3.63, 3.8) is 0 Å². The zero-order valence-electron chi connectivity index (χ0n) is 15.5. The lowest BCUT2D eigenvalue weighted by atomic mass is 9.90. The summed E-state index contributed by atoms with van der Waals surface area (Å²) in [7, 11) is 0. The van der Waals surface area contributed by atoms with Gasteiger partial charge < -0.3 is 16.4 Å². The van der Waals surface area contributed by atoms with E-state index in [2.05, 4.69) is 24.5 Å². The van der Waals surface area contributed by atoms with E-state index in [1.165, 1.54) is 11.3 Å². The summed E-state index contributed by atoms with van der Waals surface area (Å²) in [4.78, 5) is 25.5. The first-order valence-electron chi connectivity index (χ1n) is 8.41. The maximum absolute atomic E-state index is 12.7. The van der Waals surface area contributed by atoms with E-state index >= 15 is 0 Å². The summed E-state index contributed by atoms with van der Waals surface area (Å²) in [6, 6.07) is 8.33. The van der Waals surface area contributed by atoms with Crippen LogP contribution in [0, 0.1) is 5.92 Å². The highest BCUT2D eigenvalue weighted by atomic mass is 35.5. The van der Waals surface area contributed by atoms with E-state index in [0.29, 0.717) is 33.6 Å². The number of anilines is 1. The third-order valence-electron chi connectivity index (χ3n) is 3.95. The van der Waals surface area contributed by atoms with Crippen molar-refractivity contribution in [1.82, 2.24) is 5.32 Å². The average molecular weight is 430 g/mol. The molecule has 0 saturated carbocycles. The lowest BCUT2D eigenvalue weighted by Crippen LogP contribution is -2.52. The maximum atomic E-state index is 12.7. The van der Waals surface area contributed by atoms with Crippen LogP contribution in [0.3, 0.4) is 0 Å². The number of nitrogens with two attached hydrogens (primary N) is 1. The number of hydrogen-bond acceptors (Lipinski definition) is 4. The molecule has 1 aromatic heterocycles. The van der Waals surface area contributed by atoms with Crippen LogP contribution in [0.4, 0.5) is 5.69 Å². The van der Waals surface area contributed by atoms with Crippen LogP contribution in [-0.4, -0.2) is 23.9 Å². The van der Waals surface area contributed by atoms with E-state index in [1.807, 2.05) is 12.3 Å². The molecule has 2 aromatic rings. The van der Waals surface area contributed by atoms with Gasteiger partial charge in [0.2, 0.25) is 0 Å². The molecule has 0 aliphatic rings. The van der Waals surface area contributed by atoms with Crippen molar-refractivity contribution in [2.45, 2.75) is 32.7 Å². The second-order valence-corrected chi connectivity index (χ2v) is 8.30. The molecule has 5 nitrogen and oxygen atoms in total. The molecular formula is C19H25Cl2N3O2S. The first kappa shape index (κ1) is 23.4. The fourth-order valence-corrected chi connectivity index (χ4v) is 3.57. The van der Waals surface area contributed by atoms with Crippen LogP contribution in [0.25, 0.3) is 0 Å². The van der Waals surface area contributed by atoms with Gasteiger partial charge in [-0.1, -0.05) is 31.5 Å². The van der Waals surface area contributed by atoms with Crippen LogP contribution < -0.4 is 16.4 Å². The van der Waals surface area contributed by atoms with E-state index in [9.17, 15) is 9.59 Å². The second-order valence-electron chi connectivity index (χ2n) is 6.94. The molecule has 2 rings (SSSR count). The standard InChI is InChI=1S/C19H24ClN3O2S.ClH/c1-12(2)10-19(3,11-21)23-17(24)13-6-7-14(20)15(9-13)22-18(25)16-5-4-8-26-16;/h4-9,12H,10-11,21H2,1-3H3,(H,22,25)(H,23,24);1H. The zero-order chi connectivity index (χ0) is 19.3. The maximum Gasteiger partial charge on any atom is 0.265 e. The van der Waals surface area contributed by atoms with Crippen LogP contribution in [0.15, 0.2) is 35.7 Å². The normalized spacial score (nSPS) is 12.8. The van der Waals surface area contributed by atoms with Crippen molar-refractivity contribution in [1.29, 1.82) is 0 Å². The molecule has 0 bridgehead atoms. The lowest BCUT2D eigenvalue weighted by molar-refractivity contribution is 0.0897. The fraction of sp³-hybridized carbons (Fsp3) is 0.368. The molecule has 8 heteroatoms. The number of benzene rings is 1. The third kappa shape index (κ3) is 6.50. The van der Waals surface area contributed by atoms with Gasteiger partial charge in [-0.2, -0.15) is 0 Å². The van der Waals surface area contributed by atoms with Crippen molar-refractivity contribution in [3.05, 3.63) is 51.2 Å². The number of halogens is 2. The van der Waals surface area contributed by atoms with Crippen molar-refractivity contribution in [3.8, 4) is 0 Å². The van der Waals surface area contributed by atoms with Crippen LogP contribution in [-0.2, 0) is 0 Å². The van der Waals surface area contributed by atoms with Gasteiger partial charge in [0, 0.05) is 17.6 Å². The Labute approximate surface area is 175 Å². The van der Waals surface area contributed by atoms with Crippen molar-refractivity contribution in [2.24, 2.45) is 11.7 Å². The first-order valence-corrected chi connectivity index (χ1v) is 9.67. The number of carbonyl (C=O) groups excluding carboxylic acids is 2. The molecule has 0 saturated heterocycles. The van der Waals surface area contributed by atoms with E-state index in [1.54, 1.807) is 30.3 Å². The summed E-state index contributed by atoms with van der Waals surface area (Å²) in [5, 5.41) is 7.95. The Balaban J connectivity index is 0.00000364. The molecule has 0 radical (unpaired) electrons. The molecule has 1 heterocycles. The van der Waals surface area contributed by atoms with Gasteiger partial charge >= 0.3 is 0 Å². The highest BCUT2D eigenvalue weighted by molar-refractivity contribution is 7.12. The lowest BCUT2D eigenvalue weighted by Gasteiger charge is -2.31. The van der Waals surface area contributed by atoms with Crippen LogP contribution >= 0.6 is 35.3 Å². The number of hydrogen-bond donors (Lipinski definition) is 3. The van der Waals surface area contributed by atoms with Gasteiger partial charge in [0.1, 0.15) is 0 Å². The Kier molecular flexibility index (Phi) is 8.75. The van der Waals surface area contributed by atoms with Gasteiger partial charge in [-0.3, -0.25) is 9.59 Å². The van der Waals surface area contributed by atoms with Gasteiger partial charge in [-0.25, -0.2) is 0 Å². The van der Waals surface area contributed by atoms with Gasteiger partial charge in [-0.15, -0.1) is 23.7 Å². The largest absolute Gasteiger partial charge is 0.346 e. The minimum absolute atomic E-state index is 0. The molecule has 1 aromatic carbocycles. The Morgan fingerprint density at radius 2 is 1.96 bits per heavy atom. The second kappa shape index (κ2) is 10.1. The van der Waals surface area contributed by atoms with Gasteiger partial charge in [0.25, 0.3) is 11.8 Å². The third-order valence-corrected chi connectivity index (χ3v) is 5.14. The molecule has 27 heavy (non-hydrogen) atoms. The first-order chi connectivity index (χ1) is 12.2. The Hall–Kier alpha value is -1.60. The minimum Gasteiger partial charge on any atom is -0.346 e. The monoisotopic (exact) mass is 429 g/mol. The van der Waals surface area contributed by atoms with E-state index in [0.717, 1.165) is 6.42 Å². The van der Waals surface area contributed by atoms with Gasteiger partial charge in [0.05, 0.1) is 15.6 Å². The average Bonchev–Trinajstić information content (AvgIpc) is 3.10. The van der Waals surface area contributed by atoms with Crippen LogP contribution in [0.5, 0.6) is 0 Å². The highest BCUT2D eigenvalue weighted by Gasteiger charge is 2.26. The molecule has 148 valence electrons. The minimum atomic E-state index is -0.495. The van der Waals surface area contributed by atoms with E-state index < -0.39 is 5.54 Å². The highest BCUT2D eigenvalue weighted by Crippen LogP contribution is 2.25. The summed E-state index contributed by atoms with van der Waals surface area (Å²) in [6.45, 7) is 6.44.